The molecular weight excluding hydrogens is 556 g/mol. The molecule has 0 radical (unpaired) electrons. The van der Waals surface area contributed by atoms with E-state index in [1.807, 2.05) is 36.4 Å². The van der Waals surface area contributed by atoms with Crippen molar-refractivity contribution in [3.05, 3.63) is 110 Å². The van der Waals surface area contributed by atoms with Crippen LogP contribution >= 0.6 is 33.4 Å². The maximum Gasteiger partial charge on any atom is 0.262 e. The van der Waals surface area contributed by atoms with Crippen molar-refractivity contribution >= 4 is 82.8 Å². The molecule has 192 valence electrons. The minimum atomic E-state index is -3.94. The molecular formula is C30H23ClO4S3. The van der Waals surface area contributed by atoms with Crippen molar-refractivity contribution in [2.45, 2.75) is 31.6 Å². The van der Waals surface area contributed by atoms with E-state index in [1.54, 1.807) is 35.6 Å². The van der Waals surface area contributed by atoms with Gasteiger partial charge >= 0.3 is 0 Å². The number of rotatable bonds is 3. The molecule has 0 spiro atoms. The van der Waals surface area contributed by atoms with Gasteiger partial charge in [0, 0.05) is 45.6 Å². The summed E-state index contributed by atoms with van der Waals surface area (Å²) in [5.74, 6) is 0. The smallest absolute Gasteiger partial charge is 0.262 e. The highest BCUT2D eigenvalue weighted by Crippen LogP contribution is 2.30. The number of aryl methyl sites for hydroxylation is 2. The average molecular weight is 579 g/mol. The molecule has 0 bridgehead atoms. The topological polar surface area (TPSA) is 68.3 Å². The SMILES string of the molecule is CCc1cc(CC)c2sc3ccccc3c(=O)c2c1.O=c1c2ccccc2sc2cccc(S(=O)(=O)Cl)c12. The summed E-state index contributed by atoms with van der Waals surface area (Å²) < 4.78 is 26.8. The Morgan fingerprint density at radius 1 is 0.684 bits per heavy atom. The predicted octanol–water partition coefficient (Wildman–Crippen LogP) is 7.88. The lowest BCUT2D eigenvalue weighted by Gasteiger charge is -2.08. The van der Waals surface area contributed by atoms with Crippen molar-refractivity contribution in [1.82, 2.24) is 0 Å². The molecule has 0 unspecified atom stereocenters. The van der Waals surface area contributed by atoms with Crippen LogP contribution in [-0.4, -0.2) is 8.42 Å². The quantitative estimate of drug-likeness (QED) is 0.158. The fourth-order valence-electron chi connectivity index (χ4n) is 4.53. The Morgan fingerprint density at radius 2 is 1.29 bits per heavy atom. The van der Waals surface area contributed by atoms with Gasteiger partial charge in [-0.25, -0.2) is 8.42 Å². The first kappa shape index (κ1) is 26.5. The Labute approximate surface area is 232 Å². The van der Waals surface area contributed by atoms with Crippen molar-refractivity contribution < 1.29 is 8.42 Å². The Hall–Kier alpha value is -3.10. The first-order chi connectivity index (χ1) is 18.2. The van der Waals surface area contributed by atoms with Gasteiger partial charge in [0.15, 0.2) is 10.9 Å². The van der Waals surface area contributed by atoms with Gasteiger partial charge in [0.05, 0.1) is 10.3 Å². The van der Waals surface area contributed by atoms with Gasteiger partial charge in [-0.3, -0.25) is 9.59 Å². The van der Waals surface area contributed by atoms with Gasteiger partial charge in [0.2, 0.25) is 0 Å². The monoisotopic (exact) mass is 578 g/mol. The van der Waals surface area contributed by atoms with Crippen LogP contribution in [0, 0.1) is 0 Å². The molecule has 0 fully saturated rings. The third-order valence-electron chi connectivity index (χ3n) is 6.43. The number of hydrogen-bond acceptors (Lipinski definition) is 6. The zero-order chi connectivity index (χ0) is 27.0. The second-order valence-corrected chi connectivity index (χ2v) is 13.4. The first-order valence-electron chi connectivity index (χ1n) is 12.1. The van der Waals surface area contributed by atoms with Crippen LogP contribution in [0.3, 0.4) is 0 Å². The molecule has 38 heavy (non-hydrogen) atoms. The molecule has 0 amide bonds. The van der Waals surface area contributed by atoms with Crippen molar-refractivity contribution in [3.8, 4) is 0 Å². The lowest BCUT2D eigenvalue weighted by Crippen LogP contribution is -2.05. The van der Waals surface area contributed by atoms with Crippen LogP contribution in [0.2, 0.25) is 0 Å². The highest BCUT2D eigenvalue weighted by Gasteiger charge is 2.18. The zero-order valence-electron chi connectivity index (χ0n) is 20.7. The fourth-order valence-corrected chi connectivity index (χ4v) is 8.01. The molecule has 0 saturated carbocycles. The third-order valence-corrected chi connectivity index (χ3v) is 10.2. The van der Waals surface area contributed by atoms with E-state index in [0.717, 1.165) is 37.7 Å². The zero-order valence-corrected chi connectivity index (χ0v) is 23.9. The van der Waals surface area contributed by atoms with Crippen LogP contribution in [0.4, 0.5) is 0 Å². The van der Waals surface area contributed by atoms with E-state index in [2.05, 4.69) is 26.0 Å². The van der Waals surface area contributed by atoms with E-state index >= 15 is 0 Å². The number of halogens is 1. The number of fused-ring (bicyclic) bond motifs is 4. The molecule has 0 aliphatic heterocycles. The molecule has 2 heterocycles. The molecule has 6 rings (SSSR count). The highest BCUT2D eigenvalue weighted by molar-refractivity contribution is 8.14. The molecule has 4 aromatic carbocycles. The second-order valence-electron chi connectivity index (χ2n) is 8.76. The van der Waals surface area contributed by atoms with E-state index in [9.17, 15) is 18.0 Å². The average Bonchev–Trinajstić information content (AvgIpc) is 2.92. The summed E-state index contributed by atoms with van der Waals surface area (Å²) in [6, 6.07) is 24.0. The standard InChI is InChI=1S/C17H16OS.C13H7ClO3S2/c1-3-11-9-12(4-2)17-14(10-11)16(18)13-7-5-6-8-15(13)19-17;14-19(16,17)11-7-3-6-10-12(11)13(15)8-4-1-2-5-9(8)18-10/h5-10H,3-4H2,1-2H3;1-7H. The summed E-state index contributed by atoms with van der Waals surface area (Å²) in [5, 5.41) is 2.41. The normalized spacial score (nSPS) is 11.7. The number of hydrogen-bond donors (Lipinski definition) is 0. The molecule has 0 N–H and O–H groups in total. The van der Waals surface area contributed by atoms with Gasteiger partial charge < -0.3 is 0 Å². The highest BCUT2D eigenvalue weighted by atomic mass is 35.7. The fraction of sp³-hybridized carbons (Fsp3) is 0.133. The molecule has 6 aromatic rings. The van der Waals surface area contributed by atoms with Gasteiger partial charge in [-0.15, -0.1) is 22.7 Å². The molecule has 0 aliphatic rings. The molecule has 8 heteroatoms. The van der Waals surface area contributed by atoms with Crippen LogP contribution in [-0.2, 0) is 21.9 Å². The van der Waals surface area contributed by atoms with Crippen LogP contribution in [0.5, 0.6) is 0 Å². The van der Waals surface area contributed by atoms with E-state index in [1.165, 1.54) is 28.5 Å². The predicted molar refractivity (Wildman–Crippen MR) is 163 cm³/mol. The van der Waals surface area contributed by atoms with Crippen LogP contribution in [0.1, 0.15) is 25.0 Å². The van der Waals surface area contributed by atoms with Gasteiger partial charge in [-0.2, -0.15) is 0 Å². The van der Waals surface area contributed by atoms with Gasteiger partial charge in [-0.05, 0) is 66.4 Å². The van der Waals surface area contributed by atoms with Gasteiger partial charge in [-0.1, -0.05) is 50.2 Å². The van der Waals surface area contributed by atoms with Crippen molar-refractivity contribution in [1.29, 1.82) is 0 Å². The van der Waals surface area contributed by atoms with Crippen LogP contribution in [0.15, 0.2) is 93.3 Å². The minimum absolute atomic E-state index is 0.126. The summed E-state index contributed by atoms with van der Waals surface area (Å²) >= 11 is 3.11. The number of benzene rings is 4. The summed E-state index contributed by atoms with van der Waals surface area (Å²) in [4.78, 5) is 24.9. The molecule has 0 aliphatic carbocycles. The molecule has 4 nitrogen and oxygen atoms in total. The van der Waals surface area contributed by atoms with Crippen molar-refractivity contribution in [2.24, 2.45) is 0 Å². The summed E-state index contributed by atoms with van der Waals surface area (Å²) in [5.41, 5.74) is 2.42. The van der Waals surface area contributed by atoms with E-state index < -0.39 is 9.05 Å². The maximum atomic E-state index is 12.6. The Morgan fingerprint density at radius 3 is 1.92 bits per heavy atom. The minimum Gasteiger partial charge on any atom is -0.289 e. The van der Waals surface area contributed by atoms with E-state index in [4.69, 9.17) is 10.7 Å². The largest absolute Gasteiger partial charge is 0.289 e. The summed E-state index contributed by atoms with van der Waals surface area (Å²) in [6.07, 6.45) is 1.94. The van der Waals surface area contributed by atoms with Gasteiger partial charge in [0.25, 0.3) is 9.05 Å². The first-order valence-corrected chi connectivity index (χ1v) is 16.0. The Balaban J connectivity index is 0.000000155. The molecule has 0 saturated heterocycles. The summed E-state index contributed by atoms with van der Waals surface area (Å²) in [6.45, 7) is 4.29. The Kier molecular flexibility index (Phi) is 7.38. The third kappa shape index (κ3) is 4.87. The molecule has 2 aromatic heterocycles. The second kappa shape index (κ2) is 10.6. The molecule has 0 atom stereocenters. The van der Waals surface area contributed by atoms with Gasteiger partial charge in [0.1, 0.15) is 0 Å². The Bertz CT molecular complexity index is 2080. The summed E-state index contributed by atoms with van der Waals surface area (Å²) in [7, 11) is 1.46. The van der Waals surface area contributed by atoms with Crippen molar-refractivity contribution in [2.75, 3.05) is 0 Å². The van der Waals surface area contributed by atoms with E-state index in [0.29, 0.717) is 10.1 Å². The lowest BCUT2D eigenvalue weighted by atomic mass is 10.0. The maximum absolute atomic E-state index is 12.6. The van der Waals surface area contributed by atoms with Crippen LogP contribution < -0.4 is 10.9 Å². The van der Waals surface area contributed by atoms with Crippen LogP contribution in [0.25, 0.3) is 40.3 Å². The lowest BCUT2D eigenvalue weighted by molar-refractivity contribution is 0.610. The van der Waals surface area contributed by atoms with E-state index in [-0.39, 0.29) is 21.1 Å². The van der Waals surface area contributed by atoms with Crippen molar-refractivity contribution in [3.63, 3.8) is 0 Å².